The van der Waals surface area contributed by atoms with E-state index in [0.29, 0.717) is 12.6 Å². The van der Waals surface area contributed by atoms with Gasteiger partial charge < -0.3 is 20.4 Å². The van der Waals surface area contributed by atoms with E-state index in [-0.39, 0.29) is 0 Å². The molecular formula is C24H36N6. The van der Waals surface area contributed by atoms with Crippen molar-refractivity contribution >= 4 is 11.8 Å². The molecule has 1 aliphatic rings. The summed E-state index contributed by atoms with van der Waals surface area (Å²) in [4.78, 5) is 14.3. The van der Waals surface area contributed by atoms with Gasteiger partial charge in [-0.3, -0.25) is 0 Å². The Bertz CT molecular complexity index is 783. The molecule has 30 heavy (non-hydrogen) atoms. The van der Waals surface area contributed by atoms with E-state index in [1.165, 1.54) is 11.1 Å². The topological polar surface area (TPSA) is 55.8 Å². The van der Waals surface area contributed by atoms with Crippen LogP contribution in [-0.4, -0.2) is 61.7 Å². The summed E-state index contributed by atoms with van der Waals surface area (Å²) in [6, 6.07) is 15.1. The van der Waals surface area contributed by atoms with Crippen LogP contribution in [-0.2, 0) is 13.0 Å². The van der Waals surface area contributed by atoms with E-state index >= 15 is 0 Å². The Morgan fingerprint density at radius 1 is 1.10 bits per heavy atom. The first-order valence-electron chi connectivity index (χ1n) is 11.1. The van der Waals surface area contributed by atoms with Gasteiger partial charge in [0.2, 0.25) is 0 Å². The molecule has 2 N–H and O–H groups in total. The maximum Gasteiger partial charge on any atom is 0.191 e. The Morgan fingerprint density at radius 2 is 1.87 bits per heavy atom. The number of pyridine rings is 1. The van der Waals surface area contributed by atoms with Crippen molar-refractivity contribution in [1.29, 1.82) is 0 Å². The summed E-state index contributed by atoms with van der Waals surface area (Å²) in [6.45, 7) is 9.95. The molecule has 0 aliphatic carbocycles. The van der Waals surface area contributed by atoms with E-state index in [9.17, 15) is 0 Å². The van der Waals surface area contributed by atoms with Gasteiger partial charge in [-0.05, 0) is 45.4 Å². The highest BCUT2D eigenvalue weighted by Gasteiger charge is 2.18. The standard InChI is InChI=1S/C24H36N6/c1-4-25-24(28-20(2)12-13-21-9-6-5-7-10-21)27-19-22-11-8-14-26-23(22)30-17-15-29(3)16-18-30/h5-11,14,20H,4,12-13,15-19H2,1-3H3,(H2,25,27,28). The number of hydrogen-bond acceptors (Lipinski definition) is 4. The number of benzene rings is 1. The number of hydrogen-bond donors (Lipinski definition) is 2. The maximum absolute atomic E-state index is 4.87. The molecule has 0 radical (unpaired) electrons. The summed E-state index contributed by atoms with van der Waals surface area (Å²) < 4.78 is 0. The van der Waals surface area contributed by atoms with Crippen LogP contribution in [0.25, 0.3) is 0 Å². The first-order chi connectivity index (χ1) is 14.7. The number of rotatable bonds is 8. The van der Waals surface area contributed by atoms with Gasteiger partial charge in [0.05, 0.1) is 6.54 Å². The van der Waals surface area contributed by atoms with Crippen molar-refractivity contribution in [2.45, 2.75) is 39.3 Å². The fourth-order valence-electron chi connectivity index (χ4n) is 3.67. The third-order valence-electron chi connectivity index (χ3n) is 5.51. The van der Waals surface area contributed by atoms with Crippen LogP contribution in [0.4, 0.5) is 5.82 Å². The van der Waals surface area contributed by atoms with Gasteiger partial charge in [0.25, 0.3) is 0 Å². The third-order valence-corrected chi connectivity index (χ3v) is 5.51. The number of aryl methyl sites for hydroxylation is 1. The normalized spacial score (nSPS) is 16.4. The summed E-state index contributed by atoms with van der Waals surface area (Å²) in [5.41, 5.74) is 2.55. The highest BCUT2D eigenvalue weighted by Crippen LogP contribution is 2.19. The fourth-order valence-corrected chi connectivity index (χ4v) is 3.67. The van der Waals surface area contributed by atoms with Gasteiger partial charge in [0.1, 0.15) is 5.82 Å². The minimum Gasteiger partial charge on any atom is -0.357 e. The van der Waals surface area contributed by atoms with Crippen LogP contribution in [0.3, 0.4) is 0 Å². The predicted molar refractivity (Wildman–Crippen MR) is 126 cm³/mol. The van der Waals surface area contributed by atoms with Crippen molar-refractivity contribution in [3.05, 3.63) is 59.8 Å². The molecule has 0 spiro atoms. The molecule has 1 unspecified atom stereocenters. The predicted octanol–water partition coefficient (Wildman–Crippen LogP) is 2.91. The SMILES string of the molecule is CCNC(=NCc1cccnc1N1CCN(C)CC1)NC(C)CCc1ccccc1. The van der Waals surface area contributed by atoms with Gasteiger partial charge >= 0.3 is 0 Å². The zero-order valence-corrected chi connectivity index (χ0v) is 18.6. The lowest BCUT2D eigenvalue weighted by atomic mass is 10.1. The molecule has 0 bridgehead atoms. The summed E-state index contributed by atoms with van der Waals surface area (Å²) in [5.74, 6) is 1.94. The molecule has 2 heterocycles. The van der Waals surface area contributed by atoms with Crippen LogP contribution in [0.15, 0.2) is 53.7 Å². The largest absolute Gasteiger partial charge is 0.357 e. The number of nitrogens with one attached hydrogen (secondary N) is 2. The van der Waals surface area contributed by atoms with Crippen molar-refractivity contribution < 1.29 is 0 Å². The summed E-state index contributed by atoms with van der Waals surface area (Å²) in [6.07, 6.45) is 4.01. The summed E-state index contributed by atoms with van der Waals surface area (Å²) in [5, 5.41) is 6.95. The van der Waals surface area contributed by atoms with Crippen molar-refractivity contribution in [2.75, 3.05) is 44.7 Å². The summed E-state index contributed by atoms with van der Waals surface area (Å²) in [7, 11) is 2.17. The second kappa shape index (κ2) is 11.6. The molecule has 2 aromatic rings. The Balaban J connectivity index is 1.60. The monoisotopic (exact) mass is 408 g/mol. The molecular weight excluding hydrogens is 372 g/mol. The second-order valence-electron chi connectivity index (χ2n) is 8.04. The Hall–Kier alpha value is -2.60. The van der Waals surface area contributed by atoms with Gasteiger partial charge in [0.15, 0.2) is 5.96 Å². The molecule has 1 fully saturated rings. The van der Waals surface area contributed by atoms with Crippen LogP contribution in [0.1, 0.15) is 31.4 Å². The molecule has 0 saturated carbocycles. The second-order valence-corrected chi connectivity index (χ2v) is 8.04. The minimum atomic E-state index is 0.342. The number of aliphatic imine (C=N–C) groups is 1. The minimum absolute atomic E-state index is 0.342. The number of guanidine groups is 1. The first kappa shape index (κ1) is 22.1. The van der Waals surface area contributed by atoms with Crippen LogP contribution >= 0.6 is 0 Å². The van der Waals surface area contributed by atoms with Crippen molar-refractivity contribution in [3.63, 3.8) is 0 Å². The van der Waals surface area contributed by atoms with Crippen molar-refractivity contribution in [1.82, 2.24) is 20.5 Å². The quantitative estimate of drug-likeness (QED) is 0.520. The lowest BCUT2D eigenvalue weighted by Gasteiger charge is -2.34. The highest BCUT2D eigenvalue weighted by atomic mass is 15.3. The smallest absolute Gasteiger partial charge is 0.191 e. The maximum atomic E-state index is 4.87. The number of anilines is 1. The van der Waals surface area contributed by atoms with Crippen LogP contribution in [0, 0.1) is 0 Å². The van der Waals surface area contributed by atoms with Gasteiger partial charge in [0, 0.05) is 50.5 Å². The van der Waals surface area contributed by atoms with E-state index in [2.05, 4.69) is 82.7 Å². The molecule has 0 amide bonds. The van der Waals surface area contributed by atoms with Gasteiger partial charge in [-0.25, -0.2) is 9.98 Å². The zero-order valence-electron chi connectivity index (χ0n) is 18.6. The van der Waals surface area contributed by atoms with E-state index in [4.69, 9.17) is 4.99 Å². The Morgan fingerprint density at radius 3 is 2.60 bits per heavy atom. The van der Waals surface area contributed by atoms with Crippen LogP contribution in [0.5, 0.6) is 0 Å². The Labute approximate surface area is 181 Å². The number of aromatic nitrogens is 1. The summed E-state index contributed by atoms with van der Waals surface area (Å²) >= 11 is 0. The van der Waals surface area contributed by atoms with Crippen molar-refractivity contribution in [3.8, 4) is 0 Å². The molecule has 3 rings (SSSR count). The van der Waals surface area contributed by atoms with Gasteiger partial charge in [-0.1, -0.05) is 36.4 Å². The van der Waals surface area contributed by atoms with Crippen molar-refractivity contribution in [2.24, 2.45) is 4.99 Å². The first-order valence-corrected chi connectivity index (χ1v) is 11.1. The number of likely N-dealkylation sites (N-methyl/N-ethyl adjacent to an activating group) is 1. The molecule has 162 valence electrons. The lowest BCUT2D eigenvalue weighted by Crippen LogP contribution is -2.45. The molecule has 1 saturated heterocycles. The molecule has 6 nitrogen and oxygen atoms in total. The van der Waals surface area contributed by atoms with Crippen LogP contribution in [0.2, 0.25) is 0 Å². The van der Waals surface area contributed by atoms with E-state index in [0.717, 1.165) is 57.3 Å². The fraction of sp³-hybridized carbons (Fsp3) is 0.500. The van der Waals surface area contributed by atoms with E-state index in [1.807, 2.05) is 12.3 Å². The lowest BCUT2D eigenvalue weighted by molar-refractivity contribution is 0.312. The third kappa shape index (κ3) is 6.73. The Kier molecular flexibility index (Phi) is 8.51. The number of nitrogens with zero attached hydrogens (tertiary/aromatic N) is 4. The highest BCUT2D eigenvalue weighted by molar-refractivity contribution is 5.80. The van der Waals surface area contributed by atoms with Crippen LogP contribution < -0.4 is 15.5 Å². The van der Waals surface area contributed by atoms with E-state index < -0.39 is 0 Å². The molecule has 1 aromatic carbocycles. The number of piperazine rings is 1. The molecule has 1 aromatic heterocycles. The van der Waals surface area contributed by atoms with E-state index in [1.54, 1.807) is 0 Å². The average molecular weight is 409 g/mol. The molecule has 1 atom stereocenters. The van der Waals surface area contributed by atoms with Gasteiger partial charge in [-0.2, -0.15) is 0 Å². The zero-order chi connectivity index (χ0) is 21.2. The molecule has 6 heteroatoms. The average Bonchev–Trinajstić information content (AvgIpc) is 2.78. The molecule has 1 aliphatic heterocycles. The van der Waals surface area contributed by atoms with Gasteiger partial charge in [-0.15, -0.1) is 0 Å².